The SMILES string of the molecule is CC(C)OP(=O)(OC(C)C)[C@H]1C[C@H](F)[C@@H](Cn2cnc3c(Cl)nc(N)nc32)O1.Nc1nc2c(ncn2C[C@H]2O[C@@H](P(=O)([O-])O)C[C@@H]2F)c(=O)[nH]1.[NH4+]. The van der Waals surface area contributed by atoms with Crippen LogP contribution in [0, 0.1) is 0 Å². The molecule has 10 N–H and O–H groups in total. The Labute approximate surface area is 293 Å². The topological polar surface area (TPSA) is 310 Å². The number of fused-ring (bicyclic) bond motifs is 2. The van der Waals surface area contributed by atoms with Crippen LogP contribution in [0.2, 0.25) is 5.15 Å². The van der Waals surface area contributed by atoms with Crippen LogP contribution in [0.1, 0.15) is 40.5 Å². The molecule has 0 bridgehead atoms. The first-order valence-corrected chi connectivity index (χ1v) is 18.9. The summed E-state index contributed by atoms with van der Waals surface area (Å²) in [4.78, 5) is 53.7. The largest absolute Gasteiger partial charge is 0.777 e. The van der Waals surface area contributed by atoms with Gasteiger partial charge in [0.25, 0.3) is 5.56 Å². The fourth-order valence-corrected chi connectivity index (χ4v) is 8.66. The molecule has 2 saturated heterocycles. The van der Waals surface area contributed by atoms with Crippen molar-refractivity contribution in [1.82, 2.24) is 45.2 Å². The number of anilines is 2. The zero-order valence-electron chi connectivity index (χ0n) is 28.1. The first kappa shape index (κ1) is 40.6. The van der Waals surface area contributed by atoms with Crippen LogP contribution >= 0.6 is 26.8 Å². The van der Waals surface area contributed by atoms with Gasteiger partial charge in [-0.05, 0) is 27.7 Å². The molecule has 4 aromatic heterocycles. The van der Waals surface area contributed by atoms with Crippen molar-refractivity contribution in [3.05, 3.63) is 28.2 Å². The lowest BCUT2D eigenvalue weighted by molar-refractivity contribution is -0.204. The number of hydrogen-bond acceptors (Lipinski definition) is 15. The lowest BCUT2D eigenvalue weighted by Crippen LogP contribution is -2.24. The summed E-state index contributed by atoms with van der Waals surface area (Å²) in [6.07, 6.45) is -3.48. The summed E-state index contributed by atoms with van der Waals surface area (Å²) in [5.41, 5.74) is 11.4. The van der Waals surface area contributed by atoms with E-state index in [1.54, 1.807) is 32.3 Å². The Balaban J connectivity index is 0.000000230. The highest BCUT2D eigenvalue weighted by molar-refractivity contribution is 7.54. The molecule has 0 radical (unpaired) electrons. The summed E-state index contributed by atoms with van der Waals surface area (Å²) in [7, 11) is -8.43. The van der Waals surface area contributed by atoms with E-state index >= 15 is 0 Å². The monoisotopic (exact) mass is 785 g/mol. The van der Waals surface area contributed by atoms with Gasteiger partial charge in [0.15, 0.2) is 35.4 Å². The van der Waals surface area contributed by atoms with Gasteiger partial charge in [0, 0.05) is 12.8 Å². The molecule has 7 atom stereocenters. The van der Waals surface area contributed by atoms with Crippen LogP contribution < -0.4 is 28.1 Å². The van der Waals surface area contributed by atoms with Crippen molar-refractivity contribution in [2.75, 3.05) is 11.5 Å². The third-order valence-electron chi connectivity index (χ3n) is 7.44. The van der Waals surface area contributed by atoms with E-state index < -0.39 is 63.4 Å². The predicted octanol–water partition coefficient (Wildman–Crippen LogP) is 2.63. The summed E-state index contributed by atoms with van der Waals surface area (Å²) >= 11 is 6.02. The second-order valence-corrected chi connectivity index (χ2v) is 16.3. The summed E-state index contributed by atoms with van der Waals surface area (Å²) in [6, 6.07) is 0. The van der Waals surface area contributed by atoms with Crippen molar-refractivity contribution in [1.29, 1.82) is 0 Å². The number of aromatic nitrogens is 8. The van der Waals surface area contributed by atoms with Crippen LogP contribution in [0.5, 0.6) is 0 Å². The molecular formula is C26H40ClF2N11O9P2. The van der Waals surface area contributed by atoms with Crippen molar-refractivity contribution in [2.24, 2.45) is 0 Å². The molecule has 1 unspecified atom stereocenters. The van der Waals surface area contributed by atoms with Crippen molar-refractivity contribution < 1.29 is 46.2 Å². The van der Waals surface area contributed by atoms with E-state index in [1.807, 2.05) is 0 Å². The van der Waals surface area contributed by atoms with E-state index in [4.69, 9.17) is 46.5 Å². The highest BCUT2D eigenvalue weighted by Crippen LogP contribution is 2.59. The number of hydrogen-bond donors (Lipinski definition) is 5. The Morgan fingerprint density at radius 3 is 1.96 bits per heavy atom. The second-order valence-electron chi connectivity index (χ2n) is 12.1. The number of nitrogens with two attached hydrogens (primary N) is 2. The summed E-state index contributed by atoms with van der Waals surface area (Å²) in [6.45, 7) is 6.92. The Morgan fingerprint density at radius 1 is 0.961 bits per heavy atom. The van der Waals surface area contributed by atoms with Crippen LogP contribution in [-0.4, -0.2) is 92.4 Å². The molecule has 6 rings (SSSR count). The van der Waals surface area contributed by atoms with Crippen LogP contribution in [0.25, 0.3) is 22.3 Å². The van der Waals surface area contributed by atoms with Gasteiger partial charge >= 0.3 is 7.60 Å². The third-order valence-corrected chi connectivity index (χ3v) is 11.2. The number of H-pyrrole nitrogens is 1. The van der Waals surface area contributed by atoms with Crippen LogP contribution in [0.3, 0.4) is 0 Å². The molecule has 4 aromatic rings. The molecule has 25 heteroatoms. The minimum Gasteiger partial charge on any atom is -0.777 e. The van der Waals surface area contributed by atoms with Crippen LogP contribution in [-0.2, 0) is 40.7 Å². The van der Waals surface area contributed by atoms with E-state index in [0.29, 0.717) is 11.2 Å². The number of nitrogens with zero attached hydrogens (tertiary/aromatic N) is 7. The quantitative estimate of drug-likeness (QED) is 0.114. The molecule has 51 heavy (non-hydrogen) atoms. The Bertz CT molecular complexity index is 1980. The maximum atomic E-state index is 14.7. The zero-order valence-corrected chi connectivity index (χ0v) is 30.7. The highest BCUT2D eigenvalue weighted by atomic mass is 35.5. The molecule has 2 aliphatic rings. The molecule has 2 aliphatic heterocycles. The third kappa shape index (κ3) is 9.26. The number of nitrogens with one attached hydrogen (secondary N) is 1. The van der Waals surface area contributed by atoms with E-state index in [2.05, 4.69) is 29.9 Å². The number of aromatic amines is 1. The number of ether oxygens (including phenoxy) is 2. The molecule has 6 heterocycles. The summed E-state index contributed by atoms with van der Waals surface area (Å²) < 4.78 is 77.6. The van der Waals surface area contributed by atoms with Gasteiger partial charge < -0.3 is 59.6 Å². The molecule has 0 saturated carbocycles. The Morgan fingerprint density at radius 2 is 1.45 bits per heavy atom. The summed E-state index contributed by atoms with van der Waals surface area (Å²) in [5.74, 6) is -2.71. The molecule has 2 fully saturated rings. The van der Waals surface area contributed by atoms with Gasteiger partial charge in [-0.3, -0.25) is 14.3 Å². The molecule has 0 spiro atoms. The molecule has 0 aromatic carbocycles. The van der Waals surface area contributed by atoms with Crippen molar-refractivity contribution in [3.63, 3.8) is 0 Å². The fraction of sp³-hybridized carbons (Fsp3) is 0.615. The molecule has 284 valence electrons. The minimum absolute atomic E-state index is 0. The average molecular weight is 786 g/mol. The molecule has 20 nitrogen and oxygen atoms in total. The number of alkyl halides is 2. The van der Waals surface area contributed by atoms with Gasteiger partial charge in [0.1, 0.15) is 35.9 Å². The van der Waals surface area contributed by atoms with Gasteiger partial charge in [-0.1, -0.05) is 11.6 Å². The first-order valence-electron chi connectivity index (χ1n) is 15.3. The predicted molar refractivity (Wildman–Crippen MR) is 180 cm³/mol. The fourth-order valence-electron chi connectivity index (χ4n) is 5.40. The van der Waals surface area contributed by atoms with Gasteiger partial charge in [-0.2, -0.15) is 15.0 Å². The summed E-state index contributed by atoms with van der Waals surface area (Å²) in [5, 5.41) is 0.114. The maximum absolute atomic E-state index is 14.7. The Kier molecular flexibility index (Phi) is 12.6. The van der Waals surface area contributed by atoms with Crippen LogP contribution in [0.4, 0.5) is 20.7 Å². The lowest BCUT2D eigenvalue weighted by Gasteiger charge is -2.27. The number of nitrogen functional groups attached to an aromatic ring is 2. The molecule has 0 amide bonds. The van der Waals surface area contributed by atoms with Crippen molar-refractivity contribution in [3.8, 4) is 0 Å². The number of imidazole rings is 2. The number of halogens is 3. The van der Waals surface area contributed by atoms with Crippen molar-refractivity contribution >= 4 is 61.0 Å². The smallest absolute Gasteiger partial charge is 0.359 e. The molecular weight excluding hydrogens is 746 g/mol. The van der Waals surface area contributed by atoms with E-state index in [0.717, 1.165) is 0 Å². The minimum atomic E-state index is -4.77. The molecule has 0 aliphatic carbocycles. The van der Waals surface area contributed by atoms with Crippen molar-refractivity contribution in [2.45, 2.75) is 102 Å². The van der Waals surface area contributed by atoms with Crippen LogP contribution in [0.15, 0.2) is 17.4 Å². The van der Waals surface area contributed by atoms with E-state index in [9.17, 15) is 27.6 Å². The van der Waals surface area contributed by atoms with Gasteiger partial charge in [0.05, 0.1) is 38.0 Å². The highest BCUT2D eigenvalue weighted by Gasteiger charge is 2.48. The normalized spacial score (nSPS) is 24.9. The van der Waals surface area contributed by atoms with E-state index in [1.165, 1.54) is 17.2 Å². The second kappa shape index (κ2) is 15.8. The van der Waals surface area contributed by atoms with Gasteiger partial charge in [0.2, 0.25) is 11.9 Å². The maximum Gasteiger partial charge on any atom is 0.359 e. The average Bonchev–Trinajstić information content (AvgIpc) is 3.76. The lowest BCUT2D eigenvalue weighted by atomic mass is 10.2. The van der Waals surface area contributed by atoms with Gasteiger partial charge in [-0.25, -0.2) is 18.7 Å². The number of quaternary nitrogens is 1. The standard InChI is InChI=1S/C16H24ClFN5O4P.C10H13FN5O5P.H3N/c1-8(2)26-28(24,27-9(3)4)12-5-10(18)11(25-12)6-23-7-20-13-14(17)21-16(19)22-15(13)23;11-4-1-6(22(18,19)20)21-5(4)2-16-3-13-7-8(16)14-10(12)15-9(7)17;/h7-12H,5-6H2,1-4H3,(H2,19,21,22);3-6H,1-2H2,(H2,18,19,20)(H3,12,14,15,17);1H3/t10-,11+,12-;4-,5+,6-;/m00./s1. The zero-order chi connectivity index (χ0) is 36.7. The Hall–Kier alpha value is -3.17. The van der Waals surface area contributed by atoms with E-state index in [-0.39, 0.29) is 66.1 Å². The first-order chi connectivity index (χ1) is 23.3. The number of rotatable bonds is 10. The van der Waals surface area contributed by atoms with Gasteiger partial charge in [-0.15, -0.1) is 0 Å².